The molecule has 114 valence electrons. The number of benzene rings is 2. The van der Waals surface area contributed by atoms with E-state index >= 15 is 0 Å². The van der Waals surface area contributed by atoms with Gasteiger partial charge in [-0.3, -0.25) is 4.79 Å². The Morgan fingerprint density at radius 2 is 1.86 bits per heavy atom. The first-order chi connectivity index (χ1) is 10.6. The molecule has 2 aromatic carbocycles. The fourth-order valence-electron chi connectivity index (χ4n) is 1.88. The number of hydrogen-bond acceptors (Lipinski definition) is 3. The van der Waals surface area contributed by atoms with Crippen molar-refractivity contribution in [3.8, 4) is 11.5 Å². The van der Waals surface area contributed by atoms with E-state index in [1.807, 2.05) is 36.4 Å². The molecule has 0 atom stereocenters. The lowest BCUT2D eigenvalue weighted by molar-refractivity contribution is -0.111. The number of anilines is 1. The van der Waals surface area contributed by atoms with E-state index in [4.69, 9.17) is 9.47 Å². The zero-order valence-electron chi connectivity index (χ0n) is 12.3. The predicted molar refractivity (Wildman–Crippen MR) is 96.4 cm³/mol. The highest BCUT2D eigenvalue weighted by molar-refractivity contribution is 14.1. The second-order valence-electron chi connectivity index (χ2n) is 4.45. The monoisotopic (exact) mass is 409 g/mol. The number of hydrogen-bond donors (Lipinski definition) is 1. The number of ether oxygens (including phenoxy) is 2. The van der Waals surface area contributed by atoms with Crippen LogP contribution in [0.3, 0.4) is 0 Å². The molecule has 0 saturated heterocycles. The molecule has 2 rings (SSSR count). The lowest BCUT2D eigenvalue weighted by Crippen LogP contribution is -2.07. The molecule has 0 aliphatic rings. The third-order valence-electron chi connectivity index (χ3n) is 2.93. The van der Waals surface area contributed by atoms with E-state index < -0.39 is 0 Å². The maximum atomic E-state index is 11.9. The molecule has 1 amide bonds. The van der Waals surface area contributed by atoms with E-state index in [0.29, 0.717) is 11.5 Å². The van der Waals surface area contributed by atoms with Gasteiger partial charge in [-0.25, -0.2) is 0 Å². The van der Waals surface area contributed by atoms with Gasteiger partial charge in [-0.2, -0.15) is 0 Å². The lowest BCUT2D eigenvalue weighted by Gasteiger charge is -2.07. The number of rotatable bonds is 5. The average Bonchev–Trinajstić information content (AvgIpc) is 2.52. The molecule has 0 aliphatic heterocycles. The molecule has 1 N–H and O–H groups in total. The van der Waals surface area contributed by atoms with Crippen LogP contribution in [0.15, 0.2) is 48.5 Å². The molecular weight excluding hydrogens is 393 g/mol. The lowest BCUT2D eigenvalue weighted by atomic mass is 10.2. The molecule has 0 saturated carbocycles. The van der Waals surface area contributed by atoms with Crippen molar-refractivity contribution in [2.75, 3.05) is 19.5 Å². The third kappa shape index (κ3) is 4.49. The smallest absolute Gasteiger partial charge is 0.248 e. The van der Waals surface area contributed by atoms with Crippen molar-refractivity contribution in [2.45, 2.75) is 0 Å². The van der Waals surface area contributed by atoms with E-state index in [1.165, 1.54) is 6.08 Å². The number of amides is 1. The summed E-state index contributed by atoms with van der Waals surface area (Å²) in [7, 11) is 3.16. The molecule has 0 fully saturated rings. The van der Waals surface area contributed by atoms with Crippen molar-refractivity contribution in [3.05, 3.63) is 57.7 Å². The summed E-state index contributed by atoms with van der Waals surface area (Å²) in [5.74, 6) is 1.10. The van der Waals surface area contributed by atoms with Gasteiger partial charge in [0.2, 0.25) is 5.91 Å². The van der Waals surface area contributed by atoms with Crippen molar-refractivity contribution in [1.29, 1.82) is 0 Å². The van der Waals surface area contributed by atoms with E-state index in [1.54, 1.807) is 26.4 Å². The van der Waals surface area contributed by atoms with Gasteiger partial charge in [-0.1, -0.05) is 12.1 Å². The minimum Gasteiger partial charge on any atom is -0.493 e. The minimum atomic E-state index is -0.184. The van der Waals surface area contributed by atoms with Gasteiger partial charge in [-0.05, 0) is 64.6 Å². The first kappa shape index (κ1) is 16.4. The van der Waals surface area contributed by atoms with Crippen LogP contribution in [0.5, 0.6) is 11.5 Å². The zero-order valence-corrected chi connectivity index (χ0v) is 14.5. The van der Waals surface area contributed by atoms with Crippen LogP contribution in [0.25, 0.3) is 6.08 Å². The summed E-state index contributed by atoms with van der Waals surface area (Å²) in [5.41, 5.74) is 1.63. The maximum Gasteiger partial charge on any atom is 0.248 e. The summed E-state index contributed by atoms with van der Waals surface area (Å²) >= 11 is 2.20. The molecule has 0 aromatic heterocycles. The van der Waals surface area contributed by atoms with Crippen LogP contribution < -0.4 is 14.8 Å². The van der Waals surface area contributed by atoms with Gasteiger partial charge in [0, 0.05) is 15.3 Å². The highest BCUT2D eigenvalue weighted by Gasteiger charge is 2.03. The fraction of sp³-hybridized carbons (Fsp3) is 0.118. The normalized spacial score (nSPS) is 10.5. The molecular formula is C17H16INO3. The van der Waals surface area contributed by atoms with Gasteiger partial charge in [0.1, 0.15) is 0 Å². The first-order valence-corrected chi connectivity index (χ1v) is 7.67. The van der Waals surface area contributed by atoms with Gasteiger partial charge < -0.3 is 14.8 Å². The zero-order chi connectivity index (χ0) is 15.9. The summed E-state index contributed by atoms with van der Waals surface area (Å²) < 4.78 is 11.5. The predicted octanol–water partition coefficient (Wildman–Crippen LogP) is 3.96. The highest BCUT2D eigenvalue weighted by Crippen LogP contribution is 2.27. The van der Waals surface area contributed by atoms with Crippen molar-refractivity contribution in [1.82, 2.24) is 0 Å². The molecule has 0 bridgehead atoms. The van der Waals surface area contributed by atoms with E-state index in [2.05, 4.69) is 27.9 Å². The summed E-state index contributed by atoms with van der Waals surface area (Å²) in [4.78, 5) is 11.9. The van der Waals surface area contributed by atoms with Crippen LogP contribution >= 0.6 is 22.6 Å². The second-order valence-corrected chi connectivity index (χ2v) is 5.69. The van der Waals surface area contributed by atoms with E-state index in [0.717, 1.165) is 14.8 Å². The fourth-order valence-corrected chi connectivity index (χ4v) is 2.42. The van der Waals surface area contributed by atoms with Gasteiger partial charge >= 0.3 is 0 Å². The molecule has 0 aliphatic carbocycles. The van der Waals surface area contributed by atoms with Crippen LogP contribution in [0.1, 0.15) is 5.56 Å². The maximum absolute atomic E-state index is 11.9. The standard InChI is InChI=1S/C17H16INO3/c1-21-15-8-6-12(10-16(15)22-2)7-9-17(20)19-14-5-3-4-13(18)11-14/h3-11H,1-2H3,(H,19,20)/b9-7+. The number of nitrogens with one attached hydrogen (secondary N) is 1. The topological polar surface area (TPSA) is 47.6 Å². The van der Waals surface area contributed by atoms with Crippen molar-refractivity contribution in [2.24, 2.45) is 0 Å². The number of halogens is 1. The summed E-state index contributed by atoms with van der Waals surface area (Å²) in [6, 6.07) is 13.1. The molecule has 22 heavy (non-hydrogen) atoms. The Morgan fingerprint density at radius 1 is 1.09 bits per heavy atom. The van der Waals surface area contributed by atoms with Gasteiger partial charge in [-0.15, -0.1) is 0 Å². The van der Waals surface area contributed by atoms with E-state index in [-0.39, 0.29) is 5.91 Å². The van der Waals surface area contributed by atoms with Crippen molar-refractivity contribution < 1.29 is 14.3 Å². The Balaban J connectivity index is 2.06. The van der Waals surface area contributed by atoms with Crippen molar-refractivity contribution >= 4 is 40.3 Å². The Kier molecular flexibility index (Phi) is 5.83. The summed E-state index contributed by atoms with van der Waals surface area (Å²) in [6.07, 6.45) is 3.21. The Labute approximate surface area is 143 Å². The molecule has 0 heterocycles. The van der Waals surface area contributed by atoms with Crippen LogP contribution in [0.4, 0.5) is 5.69 Å². The highest BCUT2D eigenvalue weighted by atomic mass is 127. The Bertz CT molecular complexity index is 698. The molecule has 5 heteroatoms. The van der Waals surface area contributed by atoms with Crippen LogP contribution in [-0.2, 0) is 4.79 Å². The van der Waals surface area contributed by atoms with Gasteiger partial charge in [0.25, 0.3) is 0 Å². The third-order valence-corrected chi connectivity index (χ3v) is 3.60. The first-order valence-electron chi connectivity index (χ1n) is 6.59. The minimum absolute atomic E-state index is 0.184. The van der Waals surface area contributed by atoms with Crippen LogP contribution in [0, 0.1) is 3.57 Å². The van der Waals surface area contributed by atoms with Gasteiger partial charge in [0.15, 0.2) is 11.5 Å². The Morgan fingerprint density at radius 3 is 2.55 bits per heavy atom. The average molecular weight is 409 g/mol. The largest absolute Gasteiger partial charge is 0.493 e. The molecule has 0 spiro atoms. The number of methoxy groups -OCH3 is 2. The molecule has 0 unspecified atom stereocenters. The summed E-state index contributed by atoms with van der Waals surface area (Å²) in [6.45, 7) is 0. The van der Waals surface area contributed by atoms with Gasteiger partial charge in [0.05, 0.1) is 14.2 Å². The number of carbonyl (C=O) groups is 1. The Hall–Kier alpha value is -2.02. The SMILES string of the molecule is COc1ccc(/C=C/C(=O)Nc2cccc(I)c2)cc1OC. The van der Waals surface area contributed by atoms with Crippen LogP contribution in [-0.4, -0.2) is 20.1 Å². The van der Waals surface area contributed by atoms with E-state index in [9.17, 15) is 4.79 Å². The molecule has 2 aromatic rings. The van der Waals surface area contributed by atoms with Crippen molar-refractivity contribution in [3.63, 3.8) is 0 Å². The molecule has 0 radical (unpaired) electrons. The summed E-state index contributed by atoms with van der Waals surface area (Å²) in [5, 5.41) is 2.82. The second kappa shape index (κ2) is 7.84. The quantitative estimate of drug-likeness (QED) is 0.601. The van der Waals surface area contributed by atoms with Crippen LogP contribution in [0.2, 0.25) is 0 Å². The molecule has 4 nitrogen and oxygen atoms in total. The number of carbonyl (C=O) groups excluding carboxylic acids is 1.